The van der Waals surface area contributed by atoms with Gasteiger partial charge in [0, 0.05) is 24.0 Å². The lowest BCUT2D eigenvalue weighted by molar-refractivity contribution is 0.0951. The van der Waals surface area contributed by atoms with Gasteiger partial charge in [-0.25, -0.2) is 0 Å². The van der Waals surface area contributed by atoms with Gasteiger partial charge in [0.2, 0.25) is 0 Å². The van der Waals surface area contributed by atoms with Crippen molar-refractivity contribution in [2.45, 2.75) is 18.9 Å². The van der Waals surface area contributed by atoms with Crippen molar-refractivity contribution in [3.63, 3.8) is 0 Å². The fourth-order valence-corrected chi connectivity index (χ4v) is 2.70. The number of aromatic nitrogens is 1. The maximum atomic E-state index is 12.2. The van der Waals surface area contributed by atoms with E-state index >= 15 is 0 Å². The third-order valence-electron chi connectivity index (χ3n) is 4.24. The SMILES string of the molecule is O=C(NC1CC1)c1cncc(-c2ccc(-c3ccccc3)cc2)c1. The smallest absolute Gasteiger partial charge is 0.253 e. The molecular formula is C21H18N2O. The zero-order valence-corrected chi connectivity index (χ0v) is 13.3. The van der Waals surface area contributed by atoms with Crippen LogP contribution >= 0.6 is 0 Å². The highest BCUT2D eigenvalue weighted by Gasteiger charge is 2.23. The molecule has 1 N–H and O–H groups in total. The first-order chi connectivity index (χ1) is 11.8. The molecule has 0 saturated heterocycles. The molecule has 2 aromatic carbocycles. The maximum absolute atomic E-state index is 12.2. The minimum atomic E-state index is -0.0345. The topological polar surface area (TPSA) is 42.0 Å². The molecule has 1 aromatic heterocycles. The molecule has 3 heteroatoms. The van der Waals surface area contributed by atoms with Crippen molar-refractivity contribution in [1.29, 1.82) is 0 Å². The lowest BCUT2D eigenvalue weighted by Gasteiger charge is -2.07. The first kappa shape index (κ1) is 14.6. The van der Waals surface area contributed by atoms with Crippen LogP contribution in [0.4, 0.5) is 0 Å². The summed E-state index contributed by atoms with van der Waals surface area (Å²) in [5, 5.41) is 3.00. The first-order valence-electron chi connectivity index (χ1n) is 8.21. The zero-order chi connectivity index (χ0) is 16.4. The molecule has 0 spiro atoms. The fourth-order valence-electron chi connectivity index (χ4n) is 2.70. The molecule has 0 atom stereocenters. The van der Waals surface area contributed by atoms with Crippen molar-refractivity contribution in [3.8, 4) is 22.3 Å². The van der Waals surface area contributed by atoms with E-state index in [4.69, 9.17) is 0 Å². The van der Waals surface area contributed by atoms with Gasteiger partial charge in [-0.05, 0) is 35.6 Å². The van der Waals surface area contributed by atoms with Crippen LogP contribution in [0.15, 0.2) is 73.1 Å². The molecule has 1 amide bonds. The Morgan fingerprint density at radius 2 is 1.46 bits per heavy atom. The Kier molecular flexibility index (Phi) is 3.83. The quantitative estimate of drug-likeness (QED) is 0.780. The van der Waals surface area contributed by atoms with Gasteiger partial charge in [-0.1, -0.05) is 54.6 Å². The van der Waals surface area contributed by atoms with Crippen LogP contribution in [0.5, 0.6) is 0 Å². The normalized spacial score (nSPS) is 13.5. The lowest BCUT2D eigenvalue weighted by Crippen LogP contribution is -2.25. The predicted molar refractivity (Wildman–Crippen MR) is 95.6 cm³/mol. The summed E-state index contributed by atoms with van der Waals surface area (Å²) in [5.41, 5.74) is 5.00. The second-order valence-electron chi connectivity index (χ2n) is 6.15. The highest BCUT2D eigenvalue weighted by Crippen LogP contribution is 2.25. The van der Waals surface area contributed by atoms with E-state index in [1.807, 2.05) is 24.3 Å². The van der Waals surface area contributed by atoms with E-state index in [-0.39, 0.29) is 5.91 Å². The van der Waals surface area contributed by atoms with E-state index in [9.17, 15) is 4.79 Å². The van der Waals surface area contributed by atoms with Crippen LogP contribution in [0.3, 0.4) is 0 Å². The Hall–Kier alpha value is -2.94. The van der Waals surface area contributed by atoms with Crippen molar-refractivity contribution in [2.24, 2.45) is 0 Å². The van der Waals surface area contributed by atoms with Crippen molar-refractivity contribution in [2.75, 3.05) is 0 Å². The van der Waals surface area contributed by atoms with E-state index < -0.39 is 0 Å². The van der Waals surface area contributed by atoms with Crippen LogP contribution in [-0.2, 0) is 0 Å². The Bertz CT molecular complexity index is 853. The molecule has 0 unspecified atom stereocenters. The van der Waals surface area contributed by atoms with Gasteiger partial charge in [0.05, 0.1) is 5.56 Å². The van der Waals surface area contributed by atoms with E-state index in [1.54, 1.807) is 12.4 Å². The van der Waals surface area contributed by atoms with Gasteiger partial charge < -0.3 is 5.32 Å². The molecule has 1 saturated carbocycles. The summed E-state index contributed by atoms with van der Waals surface area (Å²) in [7, 11) is 0. The van der Waals surface area contributed by atoms with Crippen molar-refractivity contribution < 1.29 is 4.79 Å². The minimum absolute atomic E-state index is 0.0345. The van der Waals surface area contributed by atoms with Gasteiger partial charge in [0.25, 0.3) is 5.91 Å². The standard InChI is InChI=1S/C21H18N2O/c24-21(23-20-10-11-20)19-12-18(13-22-14-19)17-8-6-16(7-9-17)15-4-2-1-3-5-15/h1-9,12-14,20H,10-11H2,(H,23,24). The lowest BCUT2D eigenvalue weighted by atomic mass is 10.0. The summed E-state index contributed by atoms with van der Waals surface area (Å²) >= 11 is 0. The van der Waals surface area contributed by atoms with Gasteiger partial charge in [0.1, 0.15) is 0 Å². The molecule has 1 fully saturated rings. The number of nitrogens with zero attached hydrogens (tertiary/aromatic N) is 1. The third kappa shape index (κ3) is 3.20. The molecule has 24 heavy (non-hydrogen) atoms. The Labute approximate surface area is 141 Å². The van der Waals surface area contributed by atoms with E-state index in [2.05, 4.69) is 46.7 Å². The number of amides is 1. The molecule has 118 valence electrons. The van der Waals surface area contributed by atoms with Crippen molar-refractivity contribution in [1.82, 2.24) is 10.3 Å². The van der Waals surface area contributed by atoms with Crippen LogP contribution in [0.1, 0.15) is 23.2 Å². The second-order valence-corrected chi connectivity index (χ2v) is 6.15. The Balaban J connectivity index is 1.58. The van der Waals surface area contributed by atoms with E-state index in [1.165, 1.54) is 11.1 Å². The van der Waals surface area contributed by atoms with Crippen LogP contribution in [0.2, 0.25) is 0 Å². The fraction of sp³-hybridized carbons (Fsp3) is 0.143. The first-order valence-corrected chi connectivity index (χ1v) is 8.21. The molecule has 0 aliphatic heterocycles. The predicted octanol–water partition coefficient (Wildman–Crippen LogP) is 4.31. The summed E-state index contributed by atoms with van der Waals surface area (Å²) in [5.74, 6) is -0.0345. The number of hydrogen-bond acceptors (Lipinski definition) is 2. The van der Waals surface area contributed by atoms with Gasteiger partial charge in [-0.15, -0.1) is 0 Å². The number of hydrogen-bond donors (Lipinski definition) is 1. The number of rotatable bonds is 4. The van der Waals surface area contributed by atoms with Crippen LogP contribution in [0.25, 0.3) is 22.3 Å². The highest BCUT2D eigenvalue weighted by atomic mass is 16.1. The molecule has 3 nitrogen and oxygen atoms in total. The zero-order valence-electron chi connectivity index (χ0n) is 13.3. The van der Waals surface area contributed by atoms with Crippen molar-refractivity contribution >= 4 is 5.91 Å². The maximum Gasteiger partial charge on any atom is 0.253 e. The highest BCUT2D eigenvalue weighted by molar-refractivity contribution is 5.95. The summed E-state index contributed by atoms with van der Waals surface area (Å²) in [6.07, 6.45) is 5.59. The number of nitrogens with one attached hydrogen (secondary N) is 1. The van der Waals surface area contributed by atoms with Crippen LogP contribution in [0, 0.1) is 0 Å². The van der Waals surface area contributed by atoms with E-state index in [0.717, 1.165) is 24.0 Å². The molecular weight excluding hydrogens is 296 g/mol. The molecule has 1 aliphatic rings. The number of pyridine rings is 1. The minimum Gasteiger partial charge on any atom is -0.349 e. The molecule has 3 aromatic rings. The molecule has 0 bridgehead atoms. The number of carbonyl (C=O) groups excluding carboxylic acids is 1. The molecule has 1 aliphatic carbocycles. The number of carbonyl (C=O) groups is 1. The largest absolute Gasteiger partial charge is 0.349 e. The Morgan fingerprint density at radius 3 is 2.12 bits per heavy atom. The summed E-state index contributed by atoms with van der Waals surface area (Å²) in [6, 6.07) is 20.9. The molecule has 0 radical (unpaired) electrons. The average Bonchev–Trinajstić information content (AvgIpc) is 3.47. The molecule has 4 rings (SSSR count). The van der Waals surface area contributed by atoms with E-state index in [0.29, 0.717) is 11.6 Å². The summed E-state index contributed by atoms with van der Waals surface area (Å²) < 4.78 is 0. The van der Waals surface area contributed by atoms with Gasteiger partial charge >= 0.3 is 0 Å². The van der Waals surface area contributed by atoms with Gasteiger partial charge in [-0.2, -0.15) is 0 Å². The number of benzene rings is 2. The monoisotopic (exact) mass is 314 g/mol. The Morgan fingerprint density at radius 1 is 0.833 bits per heavy atom. The summed E-state index contributed by atoms with van der Waals surface area (Å²) in [6.45, 7) is 0. The van der Waals surface area contributed by atoms with Crippen molar-refractivity contribution in [3.05, 3.63) is 78.6 Å². The molecule has 1 heterocycles. The van der Waals surface area contributed by atoms with Gasteiger partial charge in [0.15, 0.2) is 0 Å². The van der Waals surface area contributed by atoms with Crippen LogP contribution < -0.4 is 5.32 Å². The third-order valence-corrected chi connectivity index (χ3v) is 4.24. The second kappa shape index (κ2) is 6.28. The average molecular weight is 314 g/mol. The summed E-state index contributed by atoms with van der Waals surface area (Å²) in [4.78, 5) is 16.4. The van der Waals surface area contributed by atoms with Crippen LogP contribution in [-0.4, -0.2) is 16.9 Å². The van der Waals surface area contributed by atoms with Gasteiger partial charge in [-0.3, -0.25) is 9.78 Å².